The molecule has 0 amide bonds. The van der Waals surface area contributed by atoms with E-state index in [0.717, 1.165) is 17.4 Å². The summed E-state index contributed by atoms with van der Waals surface area (Å²) in [7, 11) is 1.89. The van der Waals surface area contributed by atoms with E-state index in [1.54, 1.807) is 0 Å². The molecule has 3 nitrogen and oxygen atoms in total. The van der Waals surface area contributed by atoms with Crippen molar-refractivity contribution in [3.8, 4) is 0 Å². The van der Waals surface area contributed by atoms with Gasteiger partial charge in [0.25, 0.3) is 0 Å². The highest BCUT2D eigenvalue weighted by Crippen LogP contribution is 2.41. The first kappa shape index (κ1) is 10.3. The van der Waals surface area contributed by atoms with Gasteiger partial charge in [0.05, 0.1) is 0 Å². The van der Waals surface area contributed by atoms with Crippen molar-refractivity contribution in [2.75, 3.05) is 17.7 Å². The zero-order valence-electron chi connectivity index (χ0n) is 9.67. The second-order valence-electron chi connectivity index (χ2n) is 4.80. The van der Waals surface area contributed by atoms with Crippen LogP contribution >= 0.6 is 0 Å². The van der Waals surface area contributed by atoms with Crippen LogP contribution in [0, 0.1) is 5.92 Å². The Morgan fingerprint density at radius 2 is 2.13 bits per heavy atom. The first-order chi connectivity index (χ1) is 7.12. The maximum Gasteiger partial charge on any atom is 0.127 e. The summed E-state index contributed by atoms with van der Waals surface area (Å²) in [6, 6.07) is 4.06. The van der Waals surface area contributed by atoms with Crippen LogP contribution in [0.4, 0.5) is 11.5 Å². The average Bonchev–Trinajstić information content (AvgIpc) is 3.00. The van der Waals surface area contributed by atoms with Crippen LogP contribution in [0.2, 0.25) is 0 Å². The number of rotatable bonds is 4. The molecule has 15 heavy (non-hydrogen) atoms. The van der Waals surface area contributed by atoms with Crippen LogP contribution in [-0.2, 0) is 0 Å². The summed E-state index contributed by atoms with van der Waals surface area (Å²) in [5, 5.41) is 6.62. The van der Waals surface area contributed by atoms with Gasteiger partial charge in [-0.1, -0.05) is 0 Å². The van der Waals surface area contributed by atoms with Crippen molar-refractivity contribution >= 4 is 11.5 Å². The summed E-state index contributed by atoms with van der Waals surface area (Å²) in [5.41, 5.74) is 1.35. The molecular weight excluding hydrogens is 186 g/mol. The first-order valence-electron chi connectivity index (χ1n) is 5.54. The lowest BCUT2D eigenvalue weighted by Gasteiger charge is -2.27. The molecule has 1 saturated carbocycles. The van der Waals surface area contributed by atoms with Crippen molar-refractivity contribution in [1.29, 1.82) is 0 Å². The van der Waals surface area contributed by atoms with Crippen molar-refractivity contribution < 1.29 is 0 Å². The Bertz CT molecular complexity index is 342. The highest BCUT2D eigenvalue weighted by Gasteiger charge is 2.37. The largest absolute Gasteiger partial charge is 0.380 e. The van der Waals surface area contributed by atoms with Gasteiger partial charge in [0, 0.05) is 30.5 Å². The average molecular weight is 205 g/mol. The Balaban J connectivity index is 2.09. The van der Waals surface area contributed by atoms with Gasteiger partial charge in [0.1, 0.15) is 5.82 Å². The number of hydrogen-bond acceptors (Lipinski definition) is 3. The van der Waals surface area contributed by atoms with Gasteiger partial charge < -0.3 is 10.6 Å². The third-order valence-corrected chi connectivity index (χ3v) is 3.08. The van der Waals surface area contributed by atoms with E-state index in [0.29, 0.717) is 0 Å². The minimum absolute atomic E-state index is 0.201. The minimum atomic E-state index is 0.201. The van der Waals surface area contributed by atoms with Gasteiger partial charge in [0.15, 0.2) is 0 Å². The predicted molar refractivity (Wildman–Crippen MR) is 64.2 cm³/mol. The lowest BCUT2D eigenvalue weighted by Crippen LogP contribution is -2.33. The zero-order chi connectivity index (χ0) is 10.9. The summed E-state index contributed by atoms with van der Waals surface area (Å²) in [5.74, 6) is 1.73. The zero-order valence-corrected chi connectivity index (χ0v) is 9.67. The van der Waals surface area contributed by atoms with Crippen molar-refractivity contribution in [2.24, 2.45) is 5.92 Å². The monoisotopic (exact) mass is 205 g/mol. The topological polar surface area (TPSA) is 37.0 Å². The summed E-state index contributed by atoms with van der Waals surface area (Å²) < 4.78 is 0. The predicted octanol–water partition coefficient (Wildman–Crippen LogP) is 2.72. The molecule has 1 aliphatic carbocycles. The van der Waals surface area contributed by atoms with Gasteiger partial charge in [-0.05, 0) is 38.7 Å². The molecule has 82 valence electrons. The summed E-state index contributed by atoms with van der Waals surface area (Å²) in [6.45, 7) is 4.54. The fraction of sp³-hybridized carbons (Fsp3) is 0.583. The van der Waals surface area contributed by atoms with Gasteiger partial charge in [-0.15, -0.1) is 0 Å². The standard InChI is InChI=1S/C12H19N3/c1-12(2,9-4-5-9)15-10-6-7-14-11(8-10)13-3/h6-9H,4-5H2,1-3H3,(H2,13,14,15). The van der Waals surface area contributed by atoms with Crippen LogP contribution in [0.3, 0.4) is 0 Å². The molecule has 0 aromatic carbocycles. The second-order valence-corrected chi connectivity index (χ2v) is 4.80. The summed E-state index contributed by atoms with van der Waals surface area (Å²) >= 11 is 0. The molecule has 1 heterocycles. The Morgan fingerprint density at radius 3 is 2.73 bits per heavy atom. The number of hydrogen-bond donors (Lipinski definition) is 2. The molecule has 1 fully saturated rings. The molecule has 0 unspecified atom stereocenters. The van der Waals surface area contributed by atoms with E-state index in [2.05, 4.69) is 29.5 Å². The van der Waals surface area contributed by atoms with E-state index in [4.69, 9.17) is 0 Å². The van der Waals surface area contributed by atoms with E-state index < -0.39 is 0 Å². The lowest BCUT2D eigenvalue weighted by atomic mass is 9.98. The Hall–Kier alpha value is -1.25. The molecule has 1 aliphatic rings. The van der Waals surface area contributed by atoms with E-state index >= 15 is 0 Å². The number of anilines is 2. The number of nitrogens with one attached hydrogen (secondary N) is 2. The van der Waals surface area contributed by atoms with Gasteiger partial charge in [0.2, 0.25) is 0 Å². The van der Waals surface area contributed by atoms with Crippen molar-refractivity contribution in [2.45, 2.75) is 32.2 Å². The minimum Gasteiger partial charge on any atom is -0.380 e. The molecule has 0 saturated heterocycles. The van der Waals surface area contributed by atoms with Crippen LogP contribution in [-0.4, -0.2) is 17.6 Å². The van der Waals surface area contributed by atoms with Crippen LogP contribution in [0.1, 0.15) is 26.7 Å². The molecule has 1 aromatic rings. The number of nitrogens with zero attached hydrogens (tertiary/aromatic N) is 1. The Labute approximate surface area is 91.3 Å². The van der Waals surface area contributed by atoms with Gasteiger partial charge in [-0.25, -0.2) is 4.98 Å². The van der Waals surface area contributed by atoms with Gasteiger partial charge >= 0.3 is 0 Å². The molecular formula is C12H19N3. The molecule has 0 spiro atoms. The van der Waals surface area contributed by atoms with Crippen LogP contribution in [0.5, 0.6) is 0 Å². The summed E-state index contributed by atoms with van der Waals surface area (Å²) in [4.78, 5) is 4.20. The first-order valence-corrected chi connectivity index (χ1v) is 5.54. The van der Waals surface area contributed by atoms with Crippen molar-refractivity contribution in [1.82, 2.24) is 4.98 Å². The highest BCUT2D eigenvalue weighted by atomic mass is 15.0. The van der Waals surface area contributed by atoms with Crippen LogP contribution < -0.4 is 10.6 Å². The van der Waals surface area contributed by atoms with Crippen LogP contribution in [0.15, 0.2) is 18.3 Å². The second kappa shape index (κ2) is 3.72. The van der Waals surface area contributed by atoms with Crippen LogP contribution in [0.25, 0.3) is 0 Å². The molecule has 0 bridgehead atoms. The van der Waals surface area contributed by atoms with Gasteiger partial charge in [-0.3, -0.25) is 0 Å². The Kier molecular flexibility index (Phi) is 2.55. The molecule has 2 rings (SSSR count). The van der Waals surface area contributed by atoms with Crippen molar-refractivity contribution in [3.05, 3.63) is 18.3 Å². The van der Waals surface area contributed by atoms with E-state index in [9.17, 15) is 0 Å². The molecule has 0 radical (unpaired) electrons. The van der Waals surface area contributed by atoms with E-state index in [1.807, 2.05) is 25.4 Å². The number of pyridine rings is 1. The molecule has 1 aromatic heterocycles. The molecule has 0 aliphatic heterocycles. The molecule has 2 N–H and O–H groups in total. The lowest BCUT2D eigenvalue weighted by molar-refractivity contribution is 0.494. The Morgan fingerprint density at radius 1 is 1.40 bits per heavy atom. The maximum absolute atomic E-state index is 4.20. The van der Waals surface area contributed by atoms with E-state index in [-0.39, 0.29) is 5.54 Å². The SMILES string of the molecule is CNc1cc(NC(C)(C)C2CC2)ccn1. The normalized spacial score (nSPS) is 16.2. The smallest absolute Gasteiger partial charge is 0.127 e. The fourth-order valence-corrected chi connectivity index (χ4v) is 1.92. The quantitative estimate of drug-likeness (QED) is 0.793. The number of aromatic nitrogens is 1. The summed E-state index contributed by atoms with van der Waals surface area (Å²) in [6.07, 6.45) is 4.53. The molecule has 0 atom stereocenters. The van der Waals surface area contributed by atoms with Crippen molar-refractivity contribution in [3.63, 3.8) is 0 Å². The molecule has 3 heteroatoms. The third-order valence-electron chi connectivity index (χ3n) is 3.08. The maximum atomic E-state index is 4.20. The highest BCUT2D eigenvalue weighted by molar-refractivity contribution is 5.53. The fourth-order valence-electron chi connectivity index (χ4n) is 1.92. The van der Waals surface area contributed by atoms with Gasteiger partial charge in [-0.2, -0.15) is 0 Å². The third kappa shape index (κ3) is 2.41. The van der Waals surface area contributed by atoms with E-state index in [1.165, 1.54) is 12.8 Å².